The van der Waals surface area contributed by atoms with Gasteiger partial charge in [-0.3, -0.25) is 4.90 Å². The van der Waals surface area contributed by atoms with Gasteiger partial charge < -0.3 is 9.84 Å². The lowest BCUT2D eigenvalue weighted by atomic mass is 9.92. The van der Waals surface area contributed by atoms with Gasteiger partial charge in [0.25, 0.3) is 0 Å². The number of aliphatic hydroxyl groups excluding tert-OH is 1. The van der Waals surface area contributed by atoms with Crippen LogP contribution in [-0.4, -0.2) is 33.8 Å². The molecule has 124 valence electrons. The Morgan fingerprint density at radius 3 is 2.70 bits per heavy atom. The fraction of sp³-hybridized carbons (Fsp3) is 0.526. The molecule has 23 heavy (non-hydrogen) atoms. The van der Waals surface area contributed by atoms with Crippen molar-refractivity contribution in [3.05, 3.63) is 41.5 Å². The highest BCUT2D eigenvalue weighted by Crippen LogP contribution is 2.40. The second-order valence-corrected chi connectivity index (χ2v) is 7.40. The molecule has 1 N–H and O–H groups in total. The molecule has 1 aromatic carbocycles. The van der Waals surface area contributed by atoms with Crippen LogP contribution >= 0.6 is 0 Å². The van der Waals surface area contributed by atoms with E-state index in [1.165, 1.54) is 5.57 Å². The maximum atomic E-state index is 12.5. The number of carbonyl (C=O) groups excluding carboxylic acids is 1. The number of hydrogen-bond acceptors (Lipinski definition) is 3. The van der Waals surface area contributed by atoms with Crippen molar-refractivity contribution >= 4 is 11.7 Å². The fourth-order valence-corrected chi connectivity index (χ4v) is 3.60. The van der Waals surface area contributed by atoms with Crippen molar-refractivity contribution in [3.63, 3.8) is 0 Å². The van der Waals surface area contributed by atoms with E-state index in [-0.39, 0.29) is 24.8 Å². The minimum atomic E-state index is -0.468. The Labute approximate surface area is 137 Å². The minimum absolute atomic E-state index is 0.0403. The van der Waals surface area contributed by atoms with Crippen LogP contribution in [0.2, 0.25) is 0 Å². The molecule has 2 heterocycles. The van der Waals surface area contributed by atoms with Crippen molar-refractivity contribution in [2.24, 2.45) is 0 Å². The largest absolute Gasteiger partial charge is 0.444 e. The first-order valence-corrected chi connectivity index (χ1v) is 8.30. The molecule has 0 aliphatic carbocycles. The average Bonchev–Trinajstić information content (AvgIpc) is 2.76. The summed E-state index contributed by atoms with van der Waals surface area (Å²) in [5, 5.41) is 9.55. The standard InChI is InChI=1S/C19H25NO3/c1-19(2,3)23-18(22)20-15-8-9-16(20)11-14(10-15)17-7-5-4-6-13(17)12-21/h4-7,10,15-16,21H,8-9,11-12H2,1-3H3. The molecular formula is C19H25NO3. The minimum Gasteiger partial charge on any atom is -0.444 e. The summed E-state index contributed by atoms with van der Waals surface area (Å²) in [5.74, 6) is 0. The molecular weight excluding hydrogens is 290 g/mol. The van der Waals surface area contributed by atoms with Crippen LogP contribution in [0.3, 0.4) is 0 Å². The number of aliphatic hydroxyl groups is 1. The van der Waals surface area contributed by atoms with Crippen LogP contribution < -0.4 is 0 Å². The van der Waals surface area contributed by atoms with Crippen LogP contribution in [0.1, 0.15) is 51.2 Å². The molecule has 0 radical (unpaired) electrons. The molecule has 2 aliphatic rings. The monoisotopic (exact) mass is 315 g/mol. The number of ether oxygens (including phenoxy) is 1. The summed E-state index contributed by atoms with van der Waals surface area (Å²) in [6, 6.07) is 8.25. The predicted molar refractivity (Wildman–Crippen MR) is 89.8 cm³/mol. The van der Waals surface area contributed by atoms with Crippen molar-refractivity contribution in [1.82, 2.24) is 4.90 Å². The molecule has 0 aromatic heterocycles. The fourth-order valence-electron chi connectivity index (χ4n) is 3.60. The topological polar surface area (TPSA) is 49.8 Å². The predicted octanol–water partition coefficient (Wildman–Crippen LogP) is 3.73. The zero-order chi connectivity index (χ0) is 16.6. The van der Waals surface area contributed by atoms with Gasteiger partial charge in [0, 0.05) is 6.04 Å². The number of nitrogens with zero attached hydrogens (tertiary/aromatic N) is 1. The summed E-state index contributed by atoms with van der Waals surface area (Å²) in [4.78, 5) is 14.4. The highest BCUT2D eigenvalue weighted by Gasteiger charge is 2.41. The van der Waals surface area contributed by atoms with Crippen LogP contribution in [0, 0.1) is 0 Å². The highest BCUT2D eigenvalue weighted by atomic mass is 16.6. The molecule has 0 saturated carbocycles. The van der Waals surface area contributed by atoms with E-state index in [4.69, 9.17) is 4.74 Å². The molecule has 2 bridgehead atoms. The summed E-state index contributed by atoms with van der Waals surface area (Å²) in [6.45, 7) is 5.74. The zero-order valence-corrected chi connectivity index (χ0v) is 14.1. The highest BCUT2D eigenvalue weighted by molar-refractivity contribution is 5.76. The second-order valence-electron chi connectivity index (χ2n) is 7.40. The van der Waals surface area contributed by atoms with E-state index in [1.54, 1.807) is 0 Å². The summed E-state index contributed by atoms with van der Waals surface area (Å²) in [6.07, 6.45) is 4.78. The van der Waals surface area contributed by atoms with Crippen LogP contribution in [0.25, 0.3) is 5.57 Å². The Balaban J connectivity index is 1.85. The van der Waals surface area contributed by atoms with Crippen LogP contribution in [0.15, 0.2) is 30.3 Å². The van der Waals surface area contributed by atoms with Gasteiger partial charge in [0.05, 0.1) is 12.6 Å². The summed E-state index contributed by atoms with van der Waals surface area (Å²) in [7, 11) is 0. The van der Waals surface area contributed by atoms with E-state index in [1.807, 2.05) is 43.9 Å². The number of carbonyl (C=O) groups is 1. The maximum Gasteiger partial charge on any atom is 0.411 e. The number of rotatable bonds is 2. The molecule has 1 aromatic rings. The molecule has 2 unspecified atom stereocenters. The third kappa shape index (κ3) is 3.27. The zero-order valence-electron chi connectivity index (χ0n) is 14.1. The number of fused-ring (bicyclic) bond motifs is 2. The van der Waals surface area contributed by atoms with Gasteiger partial charge in [0.15, 0.2) is 0 Å². The Kier molecular flexibility index (Phi) is 4.19. The number of amides is 1. The lowest BCUT2D eigenvalue weighted by Crippen LogP contribution is -2.45. The Morgan fingerprint density at radius 2 is 2.04 bits per heavy atom. The summed E-state index contributed by atoms with van der Waals surface area (Å²) >= 11 is 0. The van der Waals surface area contributed by atoms with E-state index in [0.29, 0.717) is 0 Å². The van der Waals surface area contributed by atoms with Crippen molar-refractivity contribution < 1.29 is 14.6 Å². The summed E-state index contributed by atoms with van der Waals surface area (Å²) in [5.41, 5.74) is 2.82. The van der Waals surface area contributed by atoms with Crippen LogP contribution in [0.5, 0.6) is 0 Å². The third-order valence-electron chi connectivity index (χ3n) is 4.53. The summed E-state index contributed by atoms with van der Waals surface area (Å²) < 4.78 is 5.56. The first-order chi connectivity index (χ1) is 10.9. The van der Waals surface area contributed by atoms with Crippen LogP contribution in [0.4, 0.5) is 4.79 Å². The van der Waals surface area contributed by atoms with Gasteiger partial charge in [-0.15, -0.1) is 0 Å². The Bertz CT molecular complexity index is 630. The smallest absolute Gasteiger partial charge is 0.411 e. The lowest BCUT2D eigenvalue weighted by molar-refractivity contribution is 0.0175. The van der Waals surface area contributed by atoms with E-state index >= 15 is 0 Å². The number of benzene rings is 1. The van der Waals surface area contributed by atoms with Crippen molar-refractivity contribution in [1.29, 1.82) is 0 Å². The lowest BCUT2D eigenvalue weighted by Gasteiger charge is -2.35. The molecule has 0 spiro atoms. The first kappa shape index (κ1) is 16.1. The third-order valence-corrected chi connectivity index (χ3v) is 4.53. The molecule has 1 fully saturated rings. The van der Waals surface area contributed by atoms with Gasteiger partial charge in [-0.05, 0) is 56.7 Å². The van der Waals surface area contributed by atoms with Crippen molar-refractivity contribution in [3.8, 4) is 0 Å². The van der Waals surface area contributed by atoms with Gasteiger partial charge in [0.1, 0.15) is 5.60 Å². The van der Waals surface area contributed by atoms with Crippen LogP contribution in [-0.2, 0) is 11.3 Å². The molecule has 2 atom stereocenters. The van der Waals surface area contributed by atoms with Gasteiger partial charge in [-0.25, -0.2) is 4.79 Å². The number of hydrogen-bond donors (Lipinski definition) is 1. The van der Waals surface area contributed by atoms with Gasteiger partial charge in [0.2, 0.25) is 0 Å². The normalized spacial score (nSPS) is 23.7. The quantitative estimate of drug-likeness (QED) is 0.904. The second kappa shape index (κ2) is 6.00. The van der Waals surface area contributed by atoms with E-state index in [2.05, 4.69) is 12.1 Å². The SMILES string of the molecule is CC(C)(C)OC(=O)N1C2C=C(c3ccccc3CO)CC1CC2. The van der Waals surface area contributed by atoms with Crippen molar-refractivity contribution in [2.45, 2.75) is 64.3 Å². The molecule has 4 heteroatoms. The molecule has 2 aliphatic heterocycles. The van der Waals surface area contributed by atoms with E-state index in [9.17, 15) is 9.90 Å². The molecule has 1 saturated heterocycles. The maximum absolute atomic E-state index is 12.5. The van der Waals surface area contributed by atoms with Crippen molar-refractivity contribution in [2.75, 3.05) is 0 Å². The Hall–Kier alpha value is -1.81. The Morgan fingerprint density at radius 1 is 1.30 bits per heavy atom. The first-order valence-electron chi connectivity index (χ1n) is 8.30. The average molecular weight is 315 g/mol. The van der Waals surface area contributed by atoms with Gasteiger partial charge in [-0.2, -0.15) is 0 Å². The van der Waals surface area contributed by atoms with E-state index < -0.39 is 5.60 Å². The molecule has 1 amide bonds. The molecule has 4 nitrogen and oxygen atoms in total. The van der Waals surface area contributed by atoms with E-state index in [0.717, 1.165) is 30.4 Å². The van der Waals surface area contributed by atoms with Gasteiger partial charge in [-0.1, -0.05) is 30.3 Å². The van der Waals surface area contributed by atoms with Gasteiger partial charge >= 0.3 is 6.09 Å². The molecule has 3 rings (SSSR count).